The van der Waals surface area contributed by atoms with Crippen LogP contribution in [0.1, 0.15) is 50.2 Å². The summed E-state index contributed by atoms with van der Waals surface area (Å²) in [5.41, 5.74) is 0.852. The van der Waals surface area contributed by atoms with Gasteiger partial charge in [-0.15, -0.1) is 0 Å². The Morgan fingerprint density at radius 2 is 1.79 bits per heavy atom. The second-order valence-electron chi connectivity index (χ2n) is 8.71. The van der Waals surface area contributed by atoms with Crippen LogP contribution < -0.4 is 5.32 Å². The first-order valence-corrected chi connectivity index (χ1v) is 10.5. The summed E-state index contributed by atoms with van der Waals surface area (Å²) < 4.78 is 14.9. The van der Waals surface area contributed by atoms with E-state index in [2.05, 4.69) is 26.1 Å². The summed E-state index contributed by atoms with van der Waals surface area (Å²) in [6.45, 7) is 6.20. The number of carboxylic acid groups (broad SMARTS) is 1. The Hall–Kier alpha value is -1.33. The summed E-state index contributed by atoms with van der Waals surface area (Å²) in [5.74, 6) is -2.53. The normalized spacial score (nSPS) is 24.7. The summed E-state index contributed by atoms with van der Waals surface area (Å²) in [4.78, 5) is 12.2. The van der Waals surface area contributed by atoms with Crippen molar-refractivity contribution in [1.29, 1.82) is 0 Å². The molecule has 4 atom stereocenters. The van der Waals surface area contributed by atoms with Crippen LogP contribution in [-0.4, -0.2) is 23.2 Å². The molecule has 1 aliphatic heterocycles. The Morgan fingerprint density at radius 1 is 1.10 bits per heavy atom. The quantitative estimate of drug-likeness (QED) is 0.549. The molecular weight excluding hydrogens is 436 g/mol. The van der Waals surface area contributed by atoms with Crippen LogP contribution in [0.25, 0.3) is 0 Å². The molecule has 0 bridgehead atoms. The molecule has 3 nitrogen and oxygen atoms in total. The van der Waals surface area contributed by atoms with Gasteiger partial charge in [-0.05, 0) is 47.2 Å². The summed E-state index contributed by atoms with van der Waals surface area (Å²) in [7, 11) is 0. The van der Waals surface area contributed by atoms with Crippen molar-refractivity contribution in [2.75, 3.05) is 0 Å². The van der Waals surface area contributed by atoms with E-state index in [1.807, 2.05) is 0 Å². The third-order valence-electron chi connectivity index (χ3n) is 5.33. The van der Waals surface area contributed by atoms with Gasteiger partial charge >= 0.3 is 5.97 Å². The largest absolute Gasteiger partial charge is 0.480 e. The first kappa shape index (κ1) is 22.4. The van der Waals surface area contributed by atoms with Crippen molar-refractivity contribution < 1.29 is 14.3 Å². The van der Waals surface area contributed by atoms with Crippen LogP contribution in [0.15, 0.2) is 36.4 Å². The zero-order chi connectivity index (χ0) is 21.5. The SMILES string of the molecule is CC(C)(C)CC1NC(C(=O)O)C(c2cccc(Cl)c2Cl)C1c1cc(Cl)ccc1F. The lowest BCUT2D eigenvalue weighted by Crippen LogP contribution is -2.39. The van der Waals surface area contributed by atoms with Crippen molar-refractivity contribution in [3.63, 3.8) is 0 Å². The predicted molar refractivity (Wildman–Crippen MR) is 116 cm³/mol. The molecule has 156 valence electrons. The molecule has 0 saturated carbocycles. The number of aliphatic carboxylic acids is 1. The maximum absolute atomic E-state index is 14.9. The first-order chi connectivity index (χ1) is 13.5. The lowest BCUT2D eigenvalue weighted by molar-refractivity contribution is -0.139. The Labute approximate surface area is 185 Å². The predicted octanol–water partition coefficient (Wildman–Crippen LogP) is 6.51. The molecule has 7 heteroatoms. The van der Waals surface area contributed by atoms with E-state index in [0.29, 0.717) is 27.6 Å². The molecule has 1 fully saturated rings. The zero-order valence-electron chi connectivity index (χ0n) is 16.3. The summed E-state index contributed by atoms with van der Waals surface area (Å²) >= 11 is 18.9. The van der Waals surface area contributed by atoms with E-state index >= 15 is 0 Å². The number of rotatable bonds is 4. The van der Waals surface area contributed by atoms with Gasteiger partial charge in [-0.3, -0.25) is 4.79 Å². The minimum Gasteiger partial charge on any atom is -0.480 e. The van der Waals surface area contributed by atoms with Crippen LogP contribution in [0.5, 0.6) is 0 Å². The molecule has 0 spiro atoms. The number of carboxylic acids is 1. The molecule has 29 heavy (non-hydrogen) atoms. The van der Waals surface area contributed by atoms with Crippen molar-refractivity contribution >= 4 is 40.8 Å². The fourth-order valence-corrected chi connectivity index (χ4v) is 4.91. The van der Waals surface area contributed by atoms with E-state index in [4.69, 9.17) is 34.8 Å². The average molecular weight is 459 g/mol. The maximum Gasteiger partial charge on any atom is 0.321 e. The molecule has 0 aliphatic carbocycles. The maximum atomic E-state index is 14.9. The minimum absolute atomic E-state index is 0.110. The third-order valence-corrected chi connectivity index (χ3v) is 6.40. The highest BCUT2D eigenvalue weighted by atomic mass is 35.5. The standard InChI is InChI=1S/C22H23Cl3FNO2/c1-22(2,3)10-16-17(13-9-11(23)7-8-15(13)26)18(20(27-16)21(28)29)12-5-4-6-14(24)19(12)25/h4-9,16-18,20,27H,10H2,1-3H3,(H,28,29). The Bertz CT molecular complexity index is 929. The van der Waals surface area contributed by atoms with E-state index in [0.717, 1.165) is 0 Å². The second kappa shape index (κ2) is 8.43. The van der Waals surface area contributed by atoms with Crippen LogP contribution in [0.2, 0.25) is 15.1 Å². The van der Waals surface area contributed by atoms with Gasteiger partial charge in [-0.25, -0.2) is 4.39 Å². The van der Waals surface area contributed by atoms with Gasteiger partial charge in [0, 0.05) is 22.9 Å². The molecule has 4 unspecified atom stereocenters. The molecule has 0 aromatic heterocycles. The fraction of sp³-hybridized carbons (Fsp3) is 0.409. The van der Waals surface area contributed by atoms with Gasteiger partial charge in [-0.2, -0.15) is 0 Å². The van der Waals surface area contributed by atoms with Crippen LogP contribution in [0, 0.1) is 11.2 Å². The molecule has 2 aromatic rings. The van der Waals surface area contributed by atoms with Crippen LogP contribution in [0.3, 0.4) is 0 Å². The molecule has 2 aromatic carbocycles. The lowest BCUT2D eigenvalue weighted by atomic mass is 9.74. The molecule has 0 radical (unpaired) electrons. The molecular formula is C22H23Cl3FNO2. The molecule has 2 N–H and O–H groups in total. The van der Waals surface area contributed by atoms with Gasteiger partial charge in [-0.1, -0.05) is 67.7 Å². The highest BCUT2D eigenvalue weighted by molar-refractivity contribution is 6.42. The molecule has 3 rings (SSSR count). The first-order valence-electron chi connectivity index (χ1n) is 9.37. The van der Waals surface area contributed by atoms with Gasteiger partial charge < -0.3 is 10.4 Å². The lowest BCUT2D eigenvalue weighted by Gasteiger charge is -2.30. The van der Waals surface area contributed by atoms with Crippen molar-refractivity contribution in [3.05, 3.63) is 68.4 Å². The Kier molecular flexibility index (Phi) is 6.50. The fourth-order valence-electron chi connectivity index (χ4n) is 4.30. The van der Waals surface area contributed by atoms with E-state index in [-0.39, 0.29) is 16.5 Å². The van der Waals surface area contributed by atoms with Gasteiger partial charge in [0.1, 0.15) is 11.9 Å². The second-order valence-corrected chi connectivity index (χ2v) is 9.94. The minimum atomic E-state index is -1.02. The molecule has 1 saturated heterocycles. The number of nitrogens with one attached hydrogen (secondary N) is 1. The van der Waals surface area contributed by atoms with E-state index in [1.54, 1.807) is 24.3 Å². The third kappa shape index (κ3) is 4.72. The summed E-state index contributed by atoms with van der Waals surface area (Å²) in [5, 5.41) is 14.2. The summed E-state index contributed by atoms with van der Waals surface area (Å²) in [6, 6.07) is 8.28. The van der Waals surface area contributed by atoms with E-state index < -0.39 is 29.7 Å². The monoisotopic (exact) mass is 457 g/mol. The van der Waals surface area contributed by atoms with E-state index in [9.17, 15) is 14.3 Å². The van der Waals surface area contributed by atoms with Gasteiger partial charge in [0.05, 0.1) is 10.0 Å². The number of benzene rings is 2. The smallest absolute Gasteiger partial charge is 0.321 e. The molecule has 1 aliphatic rings. The van der Waals surface area contributed by atoms with E-state index in [1.165, 1.54) is 12.1 Å². The van der Waals surface area contributed by atoms with Gasteiger partial charge in [0.15, 0.2) is 0 Å². The van der Waals surface area contributed by atoms with Crippen molar-refractivity contribution in [1.82, 2.24) is 5.32 Å². The number of hydrogen-bond acceptors (Lipinski definition) is 2. The van der Waals surface area contributed by atoms with Crippen LogP contribution in [0.4, 0.5) is 4.39 Å². The summed E-state index contributed by atoms with van der Waals surface area (Å²) in [6.07, 6.45) is 0.641. The Morgan fingerprint density at radius 3 is 2.41 bits per heavy atom. The number of halogens is 4. The average Bonchev–Trinajstić information content (AvgIpc) is 2.96. The number of hydrogen-bond donors (Lipinski definition) is 2. The number of carbonyl (C=O) groups is 1. The van der Waals surface area contributed by atoms with Crippen molar-refractivity contribution in [2.45, 2.75) is 51.1 Å². The van der Waals surface area contributed by atoms with Gasteiger partial charge in [0.25, 0.3) is 0 Å². The highest BCUT2D eigenvalue weighted by Crippen LogP contribution is 2.49. The van der Waals surface area contributed by atoms with Crippen molar-refractivity contribution in [3.8, 4) is 0 Å². The Balaban J connectivity index is 2.23. The highest BCUT2D eigenvalue weighted by Gasteiger charge is 2.49. The topological polar surface area (TPSA) is 49.3 Å². The van der Waals surface area contributed by atoms with Crippen LogP contribution in [-0.2, 0) is 4.79 Å². The zero-order valence-corrected chi connectivity index (χ0v) is 18.6. The van der Waals surface area contributed by atoms with Crippen molar-refractivity contribution in [2.24, 2.45) is 5.41 Å². The molecule has 1 heterocycles. The van der Waals surface area contributed by atoms with Gasteiger partial charge in [0.2, 0.25) is 0 Å². The van der Waals surface area contributed by atoms with Crippen LogP contribution >= 0.6 is 34.8 Å². The molecule has 0 amide bonds.